The molecule has 0 spiro atoms. The molecule has 0 fully saturated rings. The Balaban J connectivity index is 0. The summed E-state index contributed by atoms with van der Waals surface area (Å²) in [6.07, 6.45) is 2.08. The topological polar surface area (TPSA) is 83.1 Å². The lowest BCUT2D eigenvalue weighted by Crippen LogP contribution is -2.46. The maximum atomic E-state index is 5.90. The molecule has 9 nitrogen and oxygen atoms in total. The Morgan fingerprint density at radius 1 is 0.425 bits per heavy atom. The summed E-state index contributed by atoms with van der Waals surface area (Å²) in [7, 11) is 0.742. The second-order valence-electron chi connectivity index (χ2n) is 7.61. The van der Waals surface area contributed by atoms with Crippen LogP contribution < -0.4 is 0 Å². The van der Waals surface area contributed by atoms with Gasteiger partial charge in [0.2, 0.25) is 0 Å². The Kier molecular flexibility index (Phi) is 35.2. The maximum absolute atomic E-state index is 5.90. The third-order valence-electron chi connectivity index (χ3n) is 4.64. The van der Waals surface area contributed by atoms with Crippen molar-refractivity contribution in [2.75, 3.05) is 71.0 Å². The fourth-order valence-electron chi connectivity index (χ4n) is 3.36. The van der Waals surface area contributed by atoms with Gasteiger partial charge in [-0.25, -0.2) is 0 Å². The highest BCUT2D eigenvalue weighted by Crippen LogP contribution is 2.44. The molecule has 0 atom stereocenters. The summed E-state index contributed by atoms with van der Waals surface area (Å²) in [6, 6.07) is 1.76. The van der Waals surface area contributed by atoms with Gasteiger partial charge in [-0.2, -0.15) is 0 Å². The van der Waals surface area contributed by atoms with E-state index in [1.54, 1.807) is 0 Å². The molecule has 0 rings (SSSR count). The predicted molar refractivity (Wildman–Crippen MR) is 182 cm³/mol. The smallest absolute Gasteiger partial charge is 0.376 e. The first-order valence-corrected chi connectivity index (χ1v) is 25.1. The summed E-state index contributed by atoms with van der Waals surface area (Å²) in [5.41, 5.74) is 0. The van der Waals surface area contributed by atoms with E-state index in [0.29, 0.717) is 59.5 Å². The molecule has 0 bridgehead atoms. The van der Waals surface area contributed by atoms with Crippen LogP contribution >= 0.6 is 41.2 Å². The zero-order valence-electron chi connectivity index (χ0n) is 26.5. The lowest BCUT2D eigenvalue weighted by molar-refractivity contribution is 0.0704. The summed E-state index contributed by atoms with van der Waals surface area (Å²) in [4.78, 5) is 0. The molecule has 40 heavy (non-hydrogen) atoms. The van der Waals surface area contributed by atoms with E-state index in [1.807, 2.05) is 104 Å². The van der Waals surface area contributed by atoms with Gasteiger partial charge in [-0.1, -0.05) is 21.6 Å². The van der Waals surface area contributed by atoms with Gasteiger partial charge < -0.3 is 39.8 Å². The Labute approximate surface area is 265 Å². The van der Waals surface area contributed by atoms with Crippen molar-refractivity contribution in [2.24, 2.45) is 0 Å². The molecule has 0 radical (unpaired) electrons. The van der Waals surface area contributed by atoms with Gasteiger partial charge in [-0.05, 0) is 94.8 Å². The van der Waals surface area contributed by atoms with Gasteiger partial charge in [0, 0.05) is 83.1 Å². The van der Waals surface area contributed by atoms with E-state index < -0.39 is 27.1 Å². The molecular formula is C24H58O9S4Si3. The standard InChI is InChI=1S/C18H42O6S4Si2.C6H16O3Si/c1-7-19-29(20-8-2,21-9-3)17-13-15-25-27-28-26-16-14-18-30(22-10-4,23-11-5)24-12-6;1-4-7-10(8-5-2)9-6-3/h7-18H2,1-6H3;10H,4-6H2,1-3H3. The van der Waals surface area contributed by atoms with Crippen LogP contribution in [-0.4, -0.2) is 98.1 Å². The van der Waals surface area contributed by atoms with Crippen molar-refractivity contribution in [3.05, 3.63) is 0 Å². The Morgan fingerprint density at radius 2 is 0.700 bits per heavy atom. The Hall–Kier alpha value is 1.69. The summed E-state index contributed by atoms with van der Waals surface area (Å²) in [5.74, 6) is 2.13. The van der Waals surface area contributed by atoms with Gasteiger partial charge in [0.1, 0.15) is 0 Å². The lowest BCUT2D eigenvalue weighted by atomic mass is 10.6. The van der Waals surface area contributed by atoms with Crippen molar-refractivity contribution in [2.45, 2.75) is 87.2 Å². The quantitative estimate of drug-likeness (QED) is 0.0443. The highest BCUT2D eigenvalue weighted by Gasteiger charge is 2.40. The van der Waals surface area contributed by atoms with Gasteiger partial charge in [-0.3, -0.25) is 0 Å². The number of rotatable bonds is 29. The van der Waals surface area contributed by atoms with E-state index in [1.165, 1.54) is 0 Å². The molecule has 0 N–H and O–H groups in total. The molecule has 0 heterocycles. The number of hydrogen-bond acceptors (Lipinski definition) is 13. The van der Waals surface area contributed by atoms with Crippen LogP contribution in [0.2, 0.25) is 12.1 Å². The van der Waals surface area contributed by atoms with Crippen LogP contribution in [0.25, 0.3) is 0 Å². The minimum Gasteiger partial charge on any atom is -0.376 e. The predicted octanol–water partition coefficient (Wildman–Crippen LogP) is 7.35. The highest BCUT2D eigenvalue weighted by atomic mass is 33.7. The second-order valence-corrected chi connectivity index (χ2v) is 20.9. The molecule has 0 aromatic carbocycles. The minimum atomic E-state index is -2.49. The normalized spacial score (nSPS) is 12.2. The minimum absolute atomic E-state index is 0.640. The zero-order chi connectivity index (χ0) is 30.4. The van der Waals surface area contributed by atoms with E-state index in [4.69, 9.17) is 39.8 Å². The molecule has 0 saturated heterocycles. The van der Waals surface area contributed by atoms with E-state index in [-0.39, 0.29) is 0 Å². The van der Waals surface area contributed by atoms with E-state index >= 15 is 0 Å². The molecule has 16 heteroatoms. The number of hydrogen-bond donors (Lipinski definition) is 0. The second kappa shape index (κ2) is 32.1. The molecule has 0 unspecified atom stereocenters. The lowest BCUT2D eigenvalue weighted by Gasteiger charge is -2.28. The molecule has 244 valence electrons. The monoisotopic (exact) mass is 702 g/mol. The average Bonchev–Trinajstić information content (AvgIpc) is 2.91. The van der Waals surface area contributed by atoms with Crippen LogP contribution in [0.5, 0.6) is 0 Å². The Bertz CT molecular complexity index is 442. The first-order valence-electron chi connectivity index (χ1n) is 14.7. The maximum Gasteiger partial charge on any atom is 0.500 e. The first-order chi connectivity index (χ1) is 19.4. The molecule has 0 aliphatic heterocycles. The largest absolute Gasteiger partial charge is 0.500 e. The summed E-state index contributed by atoms with van der Waals surface area (Å²) in [5, 5.41) is 0. The van der Waals surface area contributed by atoms with Crippen molar-refractivity contribution >= 4 is 68.4 Å². The third-order valence-corrected chi connectivity index (χ3v) is 19.4. The fourth-order valence-corrected chi connectivity index (χ4v) is 16.3. The van der Waals surface area contributed by atoms with Crippen molar-refractivity contribution in [1.82, 2.24) is 0 Å². The fraction of sp³-hybridized carbons (Fsp3) is 1.00. The van der Waals surface area contributed by atoms with E-state index in [0.717, 1.165) is 36.4 Å². The van der Waals surface area contributed by atoms with Crippen molar-refractivity contribution in [3.8, 4) is 0 Å². The van der Waals surface area contributed by atoms with Gasteiger partial charge in [0.15, 0.2) is 0 Å². The average molecular weight is 703 g/mol. The summed E-state index contributed by atoms with van der Waals surface area (Å²) >= 11 is 0. The van der Waals surface area contributed by atoms with Crippen molar-refractivity contribution in [1.29, 1.82) is 0 Å². The SMILES string of the molecule is CCO[SiH](OCC)OCC.CCO[Si](CCCSSSSCCC[Si](OCC)(OCC)OCC)(OCC)OCC. The van der Waals surface area contributed by atoms with Crippen LogP contribution in [0.3, 0.4) is 0 Å². The van der Waals surface area contributed by atoms with Crippen LogP contribution in [-0.2, 0) is 39.8 Å². The van der Waals surface area contributed by atoms with Crippen molar-refractivity contribution in [3.63, 3.8) is 0 Å². The zero-order valence-corrected chi connectivity index (χ0v) is 32.9. The van der Waals surface area contributed by atoms with E-state index in [9.17, 15) is 0 Å². The molecule has 0 aromatic heterocycles. The van der Waals surface area contributed by atoms with Crippen LogP contribution in [0.15, 0.2) is 0 Å². The Morgan fingerprint density at radius 3 is 0.925 bits per heavy atom. The van der Waals surface area contributed by atoms with E-state index in [2.05, 4.69) is 0 Å². The summed E-state index contributed by atoms with van der Waals surface area (Å²) in [6.45, 7) is 23.7. The van der Waals surface area contributed by atoms with Crippen LogP contribution in [0.1, 0.15) is 75.2 Å². The van der Waals surface area contributed by atoms with Gasteiger partial charge >= 0.3 is 27.1 Å². The van der Waals surface area contributed by atoms with Gasteiger partial charge in [0.05, 0.1) is 0 Å². The molecule has 0 aliphatic carbocycles. The molecular weight excluding hydrogens is 645 g/mol. The molecule has 0 aromatic rings. The highest BCUT2D eigenvalue weighted by molar-refractivity contribution is 9.26. The van der Waals surface area contributed by atoms with Gasteiger partial charge in [-0.15, -0.1) is 0 Å². The molecule has 0 saturated carbocycles. The van der Waals surface area contributed by atoms with Crippen LogP contribution in [0, 0.1) is 0 Å². The first kappa shape index (κ1) is 43.8. The molecule has 0 amide bonds. The van der Waals surface area contributed by atoms with Gasteiger partial charge in [0.25, 0.3) is 0 Å². The third kappa shape index (κ3) is 24.1. The van der Waals surface area contributed by atoms with Crippen LogP contribution in [0.4, 0.5) is 0 Å². The molecule has 0 aliphatic rings. The van der Waals surface area contributed by atoms with Crippen molar-refractivity contribution < 1.29 is 39.8 Å². The summed E-state index contributed by atoms with van der Waals surface area (Å²) < 4.78 is 51.1.